The van der Waals surface area contributed by atoms with Crippen molar-refractivity contribution in [2.75, 3.05) is 18.4 Å². The molecule has 3 atom stereocenters. The standard InChI is InChI=1S/C30H31F2N5O3/c1-16-25(18-9-20(31)12-21(32)10-18)37(28(40)29(2,3)36-16)15-24(38)34-22-7-6-17-13-30(14-19(17)11-22)23-5-4-8-33-26(23)35-27(30)39/h4-7,9-12,16,25,33,36H,8,13-15H2,1-3H3,(H,34,38)(H,35,39)/t16-,25+,30-/m1/s1. The van der Waals surface area contributed by atoms with Crippen LogP contribution in [0.3, 0.4) is 0 Å². The van der Waals surface area contributed by atoms with Crippen molar-refractivity contribution in [1.29, 1.82) is 0 Å². The lowest BCUT2D eigenvalue weighted by molar-refractivity contribution is -0.148. The molecule has 2 aromatic rings. The van der Waals surface area contributed by atoms with Crippen molar-refractivity contribution in [1.82, 2.24) is 20.9 Å². The Labute approximate surface area is 230 Å². The van der Waals surface area contributed by atoms with Crippen LogP contribution in [0.15, 0.2) is 59.9 Å². The number of carbonyl (C=O) groups is 3. The van der Waals surface area contributed by atoms with E-state index in [-0.39, 0.29) is 30.0 Å². The molecule has 10 heteroatoms. The highest BCUT2D eigenvalue weighted by Crippen LogP contribution is 2.48. The van der Waals surface area contributed by atoms with E-state index >= 15 is 0 Å². The van der Waals surface area contributed by atoms with Gasteiger partial charge >= 0.3 is 0 Å². The summed E-state index contributed by atoms with van der Waals surface area (Å²) in [7, 11) is 0. The summed E-state index contributed by atoms with van der Waals surface area (Å²) in [6.45, 7) is 5.62. The van der Waals surface area contributed by atoms with Gasteiger partial charge in [0.2, 0.25) is 17.7 Å². The summed E-state index contributed by atoms with van der Waals surface area (Å²) < 4.78 is 28.2. The maximum absolute atomic E-state index is 14.1. The van der Waals surface area contributed by atoms with Gasteiger partial charge in [0.1, 0.15) is 24.0 Å². The predicted molar refractivity (Wildman–Crippen MR) is 145 cm³/mol. The quantitative estimate of drug-likeness (QED) is 0.472. The Bertz CT molecular complexity index is 1500. The number of anilines is 1. The molecule has 3 amide bonds. The van der Waals surface area contributed by atoms with Crippen LogP contribution in [0.5, 0.6) is 0 Å². The van der Waals surface area contributed by atoms with Gasteiger partial charge in [0.25, 0.3) is 0 Å². The van der Waals surface area contributed by atoms with E-state index in [0.717, 1.165) is 28.6 Å². The maximum Gasteiger partial charge on any atom is 0.244 e. The minimum absolute atomic E-state index is 0.0351. The minimum atomic E-state index is -0.970. The van der Waals surface area contributed by atoms with Gasteiger partial charge in [-0.25, -0.2) is 8.78 Å². The van der Waals surface area contributed by atoms with Crippen molar-refractivity contribution in [2.45, 2.75) is 51.2 Å². The second-order valence-electron chi connectivity index (χ2n) is 11.6. The van der Waals surface area contributed by atoms with Crippen molar-refractivity contribution >= 4 is 23.4 Å². The van der Waals surface area contributed by atoms with Crippen LogP contribution < -0.4 is 21.3 Å². The number of hydrogen-bond donors (Lipinski definition) is 4. The van der Waals surface area contributed by atoms with Gasteiger partial charge in [0.05, 0.1) is 17.0 Å². The van der Waals surface area contributed by atoms with Crippen LogP contribution >= 0.6 is 0 Å². The van der Waals surface area contributed by atoms with Crippen LogP contribution in [0.25, 0.3) is 0 Å². The van der Waals surface area contributed by atoms with Gasteiger partial charge in [-0.1, -0.05) is 18.2 Å². The highest BCUT2D eigenvalue weighted by molar-refractivity contribution is 5.97. The number of dihydropyridines is 1. The number of amides is 3. The molecule has 8 nitrogen and oxygen atoms in total. The predicted octanol–water partition coefficient (Wildman–Crippen LogP) is 2.83. The molecular weight excluding hydrogens is 516 g/mol. The molecule has 0 radical (unpaired) electrons. The van der Waals surface area contributed by atoms with E-state index in [1.807, 2.05) is 31.2 Å². The summed E-state index contributed by atoms with van der Waals surface area (Å²) in [4.78, 5) is 41.1. The Morgan fingerprint density at radius 3 is 2.55 bits per heavy atom. The van der Waals surface area contributed by atoms with E-state index in [0.29, 0.717) is 25.1 Å². The van der Waals surface area contributed by atoms with Crippen LogP contribution in [-0.4, -0.2) is 47.3 Å². The van der Waals surface area contributed by atoms with Crippen molar-refractivity contribution in [3.05, 3.63) is 88.3 Å². The zero-order valence-electron chi connectivity index (χ0n) is 22.5. The number of nitrogens with zero attached hydrogens (tertiary/aromatic N) is 1. The Morgan fingerprint density at radius 2 is 1.80 bits per heavy atom. The van der Waals surface area contributed by atoms with Gasteiger partial charge in [0.15, 0.2) is 0 Å². The van der Waals surface area contributed by atoms with E-state index in [1.165, 1.54) is 17.0 Å². The first-order chi connectivity index (χ1) is 19.0. The molecule has 1 spiro atoms. The molecule has 1 saturated heterocycles. The molecule has 0 bridgehead atoms. The van der Waals surface area contributed by atoms with E-state index in [2.05, 4.69) is 21.3 Å². The SMILES string of the molecule is C[C@H]1NC(C)(C)C(=O)N(CC(=O)Nc2ccc3c(c2)C[C@@]2(C3)C(=O)NC3=C2C=CCN3)[C@@H]1c1cc(F)cc(F)c1. The van der Waals surface area contributed by atoms with E-state index in [4.69, 9.17) is 0 Å². The van der Waals surface area contributed by atoms with Crippen LogP contribution in [0.4, 0.5) is 14.5 Å². The third-order valence-corrected chi connectivity index (χ3v) is 8.35. The Morgan fingerprint density at radius 1 is 1.07 bits per heavy atom. The molecule has 3 aliphatic heterocycles. The van der Waals surface area contributed by atoms with Crippen LogP contribution in [0, 0.1) is 17.0 Å². The molecule has 6 rings (SSSR count). The van der Waals surface area contributed by atoms with Gasteiger partial charge in [-0.15, -0.1) is 0 Å². The van der Waals surface area contributed by atoms with Gasteiger partial charge in [-0.2, -0.15) is 0 Å². The highest BCUT2D eigenvalue weighted by Gasteiger charge is 2.52. The number of carbonyl (C=O) groups excluding carboxylic acids is 3. The Balaban J connectivity index is 1.23. The van der Waals surface area contributed by atoms with Crippen molar-refractivity contribution in [3.63, 3.8) is 0 Å². The molecule has 0 aromatic heterocycles. The molecular formula is C30H31F2N5O3. The van der Waals surface area contributed by atoms with Crippen LogP contribution in [0.1, 0.15) is 43.5 Å². The first kappa shape index (κ1) is 26.2. The third kappa shape index (κ3) is 4.27. The van der Waals surface area contributed by atoms with E-state index in [9.17, 15) is 23.2 Å². The smallest absolute Gasteiger partial charge is 0.244 e. The summed E-state index contributed by atoms with van der Waals surface area (Å²) >= 11 is 0. The lowest BCUT2D eigenvalue weighted by Gasteiger charge is -2.47. The monoisotopic (exact) mass is 547 g/mol. The zero-order valence-corrected chi connectivity index (χ0v) is 22.5. The van der Waals surface area contributed by atoms with Crippen LogP contribution in [0.2, 0.25) is 0 Å². The zero-order chi connectivity index (χ0) is 28.4. The third-order valence-electron chi connectivity index (χ3n) is 8.35. The van der Waals surface area contributed by atoms with Gasteiger partial charge < -0.3 is 20.9 Å². The summed E-state index contributed by atoms with van der Waals surface area (Å²) in [6.07, 6.45) is 5.09. The molecule has 4 N–H and O–H groups in total. The average Bonchev–Trinajstić information content (AvgIpc) is 3.38. The summed E-state index contributed by atoms with van der Waals surface area (Å²) in [6, 6.07) is 7.61. The number of benzene rings is 2. The molecule has 4 aliphatic rings. The molecule has 40 heavy (non-hydrogen) atoms. The van der Waals surface area contributed by atoms with E-state index in [1.54, 1.807) is 19.9 Å². The summed E-state index contributed by atoms with van der Waals surface area (Å²) in [5.74, 6) is -1.56. The topological polar surface area (TPSA) is 103 Å². The Hall–Kier alpha value is -4.05. The first-order valence-corrected chi connectivity index (χ1v) is 13.4. The molecule has 0 saturated carbocycles. The number of fused-ring (bicyclic) bond motifs is 2. The molecule has 3 heterocycles. The van der Waals surface area contributed by atoms with E-state index < -0.39 is 34.5 Å². The first-order valence-electron chi connectivity index (χ1n) is 13.4. The number of nitrogens with one attached hydrogen (secondary N) is 4. The van der Waals surface area contributed by atoms with Crippen LogP contribution in [-0.2, 0) is 27.2 Å². The number of hydrogen-bond acceptors (Lipinski definition) is 5. The second kappa shape index (κ2) is 9.26. The van der Waals surface area contributed by atoms with Crippen molar-refractivity contribution in [2.24, 2.45) is 5.41 Å². The highest BCUT2D eigenvalue weighted by atomic mass is 19.1. The number of rotatable bonds is 4. The minimum Gasteiger partial charge on any atom is -0.368 e. The molecule has 1 aliphatic carbocycles. The number of allylic oxidation sites excluding steroid dienone is 1. The fraction of sp³-hybridized carbons (Fsp3) is 0.367. The fourth-order valence-corrected chi connectivity index (χ4v) is 6.69. The lowest BCUT2D eigenvalue weighted by atomic mass is 9.78. The summed E-state index contributed by atoms with van der Waals surface area (Å²) in [5, 5.41) is 12.3. The fourth-order valence-electron chi connectivity index (χ4n) is 6.69. The second-order valence-corrected chi connectivity index (χ2v) is 11.6. The average molecular weight is 548 g/mol. The maximum atomic E-state index is 14.1. The van der Waals surface area contributed by atoms with Gasteiger partial charge in [-0.05, 0) is 74.6 Å². The molecule has 208 valence electrons. The number of halogens is 2. The normalized spacial score (nSPS) is 26.5. The van der Waals surface area contributed by atoms with Gasteiger partial charge in [-0.3, -0.25) is 19.7 Å². The van der Waals surface area contributed by atoms with Gasteiger partial charge in [0, 0.05) is 29.9 Å². The molecule has 0 unspecified atom stereocenters. The molecule has 2 aromatic carbocycles. The van der Waals surface area contributed by atoms with Crippen molar-refractivity contribution < 1.29 is 23.2 Å². The lowest BCUT2D eigenvalue weighted by Crippen LogP contribution is -2.66. The molecule has 1 fully saturated rings. The number of piperazine rings is 1. The summed E-state index contributed by atoms with van der Waals surface area (Å²) in [5.41, 5.74) is 2.15. The van der Waals surface area contributed by atoms with Crippen molar-refractivity contribution in [3.8, 4) is 0 Å². The largest absolute Gasteiger partial charge is 0.368 e. The Kier molecular flexibility index (Phi) is 6.06.